The van der Waals surface area contributed by atoms with E-state index in [0.717, 1.165) is 5.69 Å². The number of nitrogens with zero attached hydrogens (tertiary/aromatic N) is 2. The molecule has 88 valence electrons. The first-order chi connectivity index (χ1) is 8.22. The maximum absolute atomic E-state index is 11.5. The molecule has 0 spiro atoms. The molecule has 0 unspecified atom stereocenters. The second-order valence-corrected chi connectivity index (χ2v) is 3.74. The Kier molecular flexibility index (Phi) is 3.44. The molecule has 17 heavy (non-hydrogen) atoms. The number of ether oxygens (including phenoxy) is 1. The fourth-order valence-electron chi connectivity index (χ4n) is 1.45. The predicted octanol–water partition coefficient (Wildman–Crippen LogP) is 2.70. The van der Waals surface area contributed by atoms with Crippen LogP contribution in [0, 0.1) is 0 Å². The molecule has 0 aliphatic rings. The van der Waals surface area contributed by atoms with Gasteiger partial charge in [0.05, 0.1) is 22.9 Å². The smallest absolute Gasteiger partial charge is 0.338 e. The summed E-state index contributed by atoms with van der Waals surface area (Å²) in [7, 11) is 0. The lowest BCUT2D eigenvalue weighted by molar-refractivity contribution is 0.0526. The van der Waals surface area contributed by atoms with Gasteiger partial charge in [0.2, 0.25) is 0 Å². The van der Waals surface area contributed by atoms with Gasteiger partial charge >= 0.3 is 5.97 Å². The number of carbonyl (C=O) groups excluding carboxylic acids is 1. The Morgan fingerprint density at radius 3 is 2.94 bits per heavy atom. The maximum atomic E-state index is 11.5. The van der Waals surface area contributed by atoms with E-state index in [2.05, 4.69) is 5.10 Å². The van der Waals surface area contributed by atoms with Crippen LogP contribution in [0.5, 0.6) is 0 Å². The number of halogens is 1. The van der Waals surface area contributed by atoms with Crippen molar-refractivity contribution >= 4 is 17.6 Å². The first-order valence-electron chi connectivity index (χ1n) is 5.19. The molecule has 0 atom stereocenters. The van der Waals surface area contributed by atoms with E-state index >= 15 is 0 Å². The average molecular weight is 251 g/mol. The molecule has 0 aliphatic carbocycles. The van der Waals surface area contributed by atoms with Crippen LogP contribution in [0.4, 0.5) is 0 Å². The first kappa shape index (κ1) is 11.7. The molecule has 0 saturated heterocycles. The van der Waals surface area contributed by atoms with Crippen LogP contribution in [0.2, 0.25) is 5.02 Å². The molecule has 1 aromatic carbocycles. The van der Waals surface area contributed by atoms with Gasteiger partial charge in [0.25, 0.3) is 0 Å². The number of hydrogen-bond donors (Lipinski definition) is 0. The van der Waals surface area contributed by atoms with Crippen molar-refractivity contribution in [3.8, 4) is 5.69 Å². The van der Waals surface area contributed by atoms with E-state index in [1.54, 1.807) is 48.3 Å². The predicted molar refractivity (Wildman–Crippen MR) is 64.5 cm³/mol. The molecule has 0 bridgehead atoms. The van der Waals surface area contributed by atoms with Gasteiger partial charge in [0.15, 0.2) is 0 Å². The fourth-order valence-corrected chi connectivity index (χ4v) is 1.71. The van der Waals surface area contributed by atoms with Gasteiger partial charge in [-0.15, -0.1) is 0 Å². The molecule has 2 rings (SSSR count). The molecular formula is C12H11ClN2O2. The second-order valence-electron chi connectivity index (χ2n) is 3.34. The van der Waals surface area contributed by atoms with Crippen molar-refractivity contribution in [3.05, 3.63) is 47.2 Å². The van der Waals surface area contributed by atoms with Crippen molar-refractivity contribution in [3.63, 3.8) is 0 Å². The van der Waals surface area contributed by atoms with Gasteiger partial charge in [-0.1, -0.05) is 11.6 Å². The molecule has 5 heteroatoms. The van der Waals surface area contributed by atoms with E-state index in [9.17, 15) is 4.79 Å². The molecule has 0 radical (unpaired) electrons. The van der Waals surface area contributed by atoms with Gasteiger partial charge in [-0.2, -0.15) is 5.10 Å². The van der Waals surface area contributed by atoms with Crippen LogP contribution >= 0.6 is 11.6 Å². The van der Waals surface area contributed by atoms with Crippen LogP contribution in [0.1, 0.15) is 17.3 Å². The molecule has 0 saturated carbocycles. The summed E-state index contributed by atoms with van der Waals surface area (Å²) in [4.78, 5) is 11.5. The zero-order valence-electron chi connectivity index (χ0n) is 9.26. The highest BCUT2D eigenvalue weighted by Gasteiger charge is 2.10. The summed E-state index contributed by atoms with van der Waals surface area (Å²) in [6.07, 6.45) is 3.45. The molecule has 2 aromatic rings. The molecular weight excluding hydrogens is 240 g/mol. The topological polar surface area (TPSA) is 44.1 Å². The van der Waals surface area contributed by atoms with Gasteiger partial charge in [-0.3, -0.25) is 0 Å². The van der Waals surface area contributed by atoms with Crippen molar-refractivity contribution in [2.75, 3.05) is 6.61 Å². The minimum absolute atomic E-state index is 0.345. The fraction of sp³-hybridized carbons (Fsp3) is 0.167. The Hall–Kier alpha value is -1.81. The lowest BCUT2D eigenvalue weighted by atomic mass is 10.2. The minimum atomic E-state index is -0.374. The van der Waals surface area contributed by atoms with Crippen molar-refractivity contribution in [1.82, 2.24) is 9.78 Å². The highest BCUT2D eigenvalue weighted by atomic mass is 35.5. The summed E-state index contributed by atoms with van der Waals surface area (Å²) in [5.41, 5.74) is 1.16. The van der Waals surface area contributed by atoms with Gasteiger partial charge in [0.1, 0.15) is 0 Å². The summed E-state index contributed by atoms with van der Waals surface area (Å²) < 4.78 is 6.53. The monoisotopic (exact) mass is 250 g/mol. The maximum Gasteiger partial charge on any atom is 0.338 e. The molecule has 0 amide bonds. The van der Waals surface area contributed by atoms with Gasteiger partial charge in [-0.05, 0) is 31.2 Å². The Balaban J connectivity index is 2.32. The summed E-state index contributed by atoms with van der Waals surface area (Å²) in [6, 6.07) is 6.79. The molecule has 1 aromatic heterocycles. The largest absolute Gasteiger partial charge is 0.462 e. The molecule has 0 fully saturated rings. The lowest BCUT2D eigenvalue weighted by Gasteiger charge is -2.06. The Labute approximate surface area is 104 Å². The van der Waals surface area contributed by atoms with Gasteiger partial charge in [0, 0.05) is 12.4 Å². The number of aromatic nitrogens is 2. The number of carbonyl (C=O) groups is 1. The Morgan fingerprint density at radius 2 is 2.35 bits per heavy atom. The van der Waals surface area contributed by atoms with Gasteiger partial charge < -0.3 is 4.74 Å². The number of esters is 1. The van der Waals surface area contributed by atoms with Crippen LogP contribution < -0.4 is 0 Å². The summed E-state index contributed by atoms with van der Waals surface area (Å²) >= 11 is 6.10. The SMILES string of the molecule is CCOC(=O)c1ccc(-n2cccn2)c(Cl)c1. The lowest BCUT2D eigenvalue weighted by Crippen LogP contribution is -2.05. The van der Waals surface area contributed by atoms with E-state index in [-0.39, 0.29) is 5.97 Å². The van der Waals surface area contributed by atoms with Crippen molar-refractivity contribution in [2.24, 2.45) is 0 Å². The average Bonchev–Trinajstić information content (AvgIpc) is 2.82. The van der Waals surface area contributed by atoms with Crippen molar-refractivity contribution < 1.29 is 9.53 Å². The molecule has 0 aliphatic heterocycles. The standard InChI is InChI=1S/C12H11ClN2O2/c1-2-17-12(16)9-4-5-11(10(13)8-9)15-7-3-6-14-15/h3-8H,2H2,1H3. The van der Waals surface area contributed by atoms with E-state index in [4.69, 9.17) is 16.3 Å². The highest BCUT2D eigenvalue weighted by molar-refractivity contribution is 6.32. The van der Waals surface area contributed by atoms with Crippen LogP contribution in [0.3, 0.4) is 0 Å². The van der Waals surface area contributed by atoms with Crippen LogP contribution in [0.25, 0.3) is 5.69 Å². The van der Waals surface area contributed by atoms with E-state index in [1.807, 2.05) is 0 Å². The minimum Gasteiger partial charge on any atom is -0.462 e. The van der Waals surface area contributed by atoms with E-state index < -0.39 is 0 Å². The van der Waals surface area contributed by atoms with E-state index in [0.29, 0.717) is 17.2 Å². The van der Waals surface area contributed by atoms with Crippen molar-refractivity contribution in [2.45, 2.75) is 6.92 Å². The third-order valence-corrected chi connectivity index (χ3v) is 2.51. The number of rotatable bonds is 3. The van der Waals surface area contributed by atoms with Crippen LogP contribution in [-0.2, 0) is 4.74 Å². The number of benzene rings is 1. The second kappa shape index (κ2) is 5.01. The van der Waals surface area contributed by atoms with Crippen LogP contribution in [-0.4, -0.2) is 22.4 Å². The zero-order valence-corrected chi connectivity index (χ0v) is 10.0. The highest BCUT2D eigenvalue weighted by Crippen LogP contribution is 2.21. The number of hydrogen-bond acceptors (Lipinski definition) is 3. The first-order valence-corrected chi connectivity index (χ1v) is 5.57. The van der Waals surface area contributed by atoms with E-state index in [1.165, 1.54) is 0 Å². The summed E-state index contributed by atoms with van der Waals surface area (Å²) in [5, 5.41) is 4.53. The molecule has 1 heterocycles. The third kappa shape index (κ3) is 2.47. The van der Waals surface area contributed by atoms with Gasteiger partial charge in [-0.25, -0.2) is 9.48 Å². The molecule has 4 nitrogen and oxygen atoms in total. The molecule has 0 N–H and O–H groups in total. The van der Waals surface area contributed by atoms with Crippen LogP contribution in [0.15, 0.2) is 36.7 Å². The summed E-state index contributed by atoms with van der Waals surface area (Å²) in [5.74, 6) is -0.374. The Morgan fingerprint density at radius 1 is 1.53 bits per heavy atom. The van der Waals surface area contributed by atoms with Crippen molar-refractivity contribution in [1.29, 1.82) is 0 Å². The Bertz CT molecular complexity index is 523. The quantitative estimate of drug-likeness (QED) is 0.787. The normalized spacial score (nSPS) is 10.2. The third-order valence-electron chi connectivity index (χ3n) is 2.21. The summed E-state index contributed by atoms with van der Waals surface area (Å²) in [6.45, 7) is 2.11. The zero-order chi connectivity index (χ0) is 12.3.